The van der Waals surface area contributed by atoms with E-state index in [4.69, 9.17) is 5.26 Å². The Morgan fingerprint density at radius 1 is 1.40 bits per heavy atom. The first-order chi connectivity index (χ1) is 9.66. The van der Waals surface area contributed by atoms with E-state index >= 15 is 0 Å². The number of benzene rings is 1. The lowest BCUT2D eigenvalue weighted by atomic mass is 9.64. The molecule has 5 heteroatoms. The minimum Gasteiger partial charge on any atom is -0.354 e. The van der Waals surface area contributed by atoms with E-state index in [1.54, 1.807) is 0 Å². The van der Waals surface area contributed by atoms with Gasteiger partial charge in [0, 0.05) is 16.4 Å². The summed E-state index contributed by atoms with van der Waals surface area (Å²) in [6.07, 6.45) is 3.47. The van der Waals surface area contributed by atoms with Gasteiger partial charge in [0.05, 0.1) is 17.6 Å². The van der Waals surface area contributed by atoms with Crippen LogP contribution in [0.15, 0.2) is 28.7 Å². The molecule has 1 aliphatic carbocycles. The Labute approximate surface area is 132 Å². The van der Waals surface area contributed by atoms with E-state index < -0.39 is 0 Å². The lowest BCUT2D eigenvalue weighted by Gasteiger charge is -2.42. The molecule has 1 aromatic carbocycles. The van der Waals surface area contributed by atoms with E-state index in [0.29, 0.717) is 18.1 Å². The van der Waals surface area contributed by atoms with Crippen LogP contribution in [0.2, 0.25) is 0 Å². The number of carbonyl (C=O) groups is 1. The highest BCUT2D eigenvalue weighted by Crippen LogP contribution is 2.43. The molecule has 0 atom stereocenters. The molecule has 106 valence electrons. The second kappa shape index (κ2) is 7.14. The minimum atomic E-state index is 0.0219. The zero-order chi connectivity index (χ0) is 14.4. The maximum atomic E-state index is 11.7. The normalized spacial score (nSPS) is 16.0. The average molecular weight is 353 g/mol. The van der Waals surface area contributed by atoms with Gasteiger partial charge in [0.15, 0.2) is 0 Å². The second-order valence-corrected chi connectivity index (χ2v) is 6.97. The summed E-state index contributed by atoms with van der Waals surface area (Å²) in [7, 11) is 0. The molecule has 1 saturated carbocycles. The third-order valence-corrected chi connectivity index (χ3v) is 5.12. The fraction of sp³-hybridized carbons (Fsp3) is 0.467. The number of halogens is 1. The van der Waals surface area contributed by atoms with Crippen LogP contribution in [0.5, 0.6) is 0 Å². The van der Waals surface area contributed by atoms with E-state index in [1.165, 1.54) is 23.7 Å². The van der Waals surface area contributed by atoms with Gasteiger partial charge in [0.1, 0.15) is 0 Å². The monoisotopic (exact) mass is 352 g/mol. The summed E-state index contributed by atoms with van der Waals surface area (Å²) in [6.45, 7) is 0.695. The van der Waals surface area contributed by atoms with Gasteiger partial charge < -0.3 is 5.32 Å². The summed E-state index contributed by atoms with van der Waals surface area (Å²) in [5, 5.41) is 11.5. The van der Waals surface area contributed by atoms with Crippen molar-refractivity contribution in [3.8, 4) is 6.07 Å². The van der Waals surface area contributed by atoms with Crippen molar-refractivity contribution in [1.29, 1.82) is 5.26 Å². The third kappa shape index (κ3) is 3.77. The quantitative estimate of drug-likeness (QED) is 0.799. The van der Waals surface area contributed by atoms with Crippen molar-refractivity contribution >= 4 is 33.6 Å². The smallest absolute Gasteiger partial charge is 0.230 e. The van der Waals surface area contributed by atoms with Crippen LogP contribution in [0.1, 0.15) is 24.8 Å². The van der Waals surface area contributed by atoms with Gasteiger partial charge in [-0.05, 0) is 30.5 Å². The number of nitriles is 1. The van der Waals surface area contributed by atoms with Gasteiger partial charge in [0.2, 0.25) is 5.91 Å². The van der Waals surface area contributed by atoms with Gasteiger partial charge >= 0.3 is 0 Å². The van der Waals surface area contributed by atoms with Crippen LogP contribution in [0.25, 0.3) is 0 Å². The molecule has 0 heterocycles. The second-order valence-electron chi connectivity index (χ2n) is 5.07. The number of nitrogens with zero attached hydrogens (tertiary/aromatic N) is 1. The highest BCUT2D eigenvalue weighted by molar-refractivity contribution is 9.10. The zero-order valence-corrected chi connectivity index (χ0v) is 13.6. The Morgan fingerprint density at radius 3 is 2.65 bits per heavy atom. The molecule has 2 rings (SSSR count). The Kier molecular flexibility index (Phi) is 5.50. The first-order valence-electron chi connectivity index (χ1n) is 6.64. The molecule has 1 aliphatic rings. The predicted octanol–water partition coefficient (Wildman–Crippen LogP) is 3.24. The molecule has 0 spiro atoms. The van der Waals surface area contributed by atoms with Crippen molar-refractivity contribution in [1.82, 2.24) is 5.32 Å². The van der Waals surface area contributed by atoms with Crippen molar-refractivity contribution in [2.75, 3.05) is 18.1 Å². The van der Waals surface area contributed by atoms with Crippen molar-refractivity contribution < 1.29 is 4.79 Å². The lowest BCUT2D eigenvalue weighted by molar-refractivity contribution is -0.119. The summed E-state index contributed by atoms with van der Waals surface area (Å²) >= 11 is 4.81. The first kappa shape index (κ1) is 15.4. The van der Waals surface area contributed by atoms with Gasteiger partial charge in [-0.2, -0.15) is 5.26 Å². The van der Waals surface area contributed by atoms with Gasteiger partial charge in [-0.3, -0.25) is 4.79 Å². The Morgan fingerprint density at radius 2 is 2.10 bits per heavy atom. The molecule has 1 fully saturated rings. The molecular weight excluding hydrogens is 336 g/mol. The van der Waals surface area contributed by atoms with E-state index in [2.05, 4.69) is 45.5 Å². The highest BCUT2D eigenvalue weighted by Gasteiger charge is 2.38. The third-order valence-electron chi connectivity index (χ3n) is 3.79. The first-order valence-corrected chi connectivity index (χ1v) is 8.58. The van der Waals surface area contributed by atoms with Crippen LogP contribution >= 0.6 is 27.7 Å². The van der Waals surface area contributed by atoms with Gasteiger partial charge in [-0.1, -0.05) is 34.5 Å². The number of rotatable bonds is 6. The molecule has 3 nitrogen and oxygen atoms in total. The Hall–Kier alpha value is -0.990. The van der Waals surface area contributed by atoms with E-state index in [1.807, 2.05) is 6.07 Å². The maximum Gasteiger partial charge on any atom is 0.230 e. The summed E-state index contributed by atoms with van der Waals surface area (Å²) in [5.74, 6) is 0.753. The molecule has 0 unspecified atom stereocenters. The molecule has 1 amide bonds. The molecular formula is C15H17BrN2OS. The van der Waals surface area contributed by atoms with Crippen molar-refractivity contribution in [2.45, 2.75) is 24.7 Å². The molecule has 0 saturated heterocycles. The van der Waals surface area contributed by atoms with Gasteiger partial charge in [-0.25, -0.2) is 0 Å². The van der Waals surface area contributed by atoms with Crippen molar-refractivity contribution in [3.05, 3.63) is 34.3 Å². The maximum absolute atomic E-state index is 11.7. The molecule has 0 bridgehead atoms. The van der Waals surface area contributed by atoms with Crippen LogP contribution < -0.4 is 5.32 Å². The molecule has 0 aromatic heterocycles. The fourth-order valence-corrected chi connectivity index (χ4v) is 3.23. The molecule has 0 radical (unpaired) electrons. The number of amides is 1. The number of thioether (sulfide) groups is 1. The summed E-state index contributed by atoms with van der Waals surface area (Å²) in [6, 6.07) is 10.4. The van der Waals surface area contributed by atoms with Crippen LogP contribution in [0.3, 0.4) is 0 Å². The van der Waals surface area contributed by atoms with Gasteiger partial charge in [-0.15, -0.1) is 11.8 Å². The van der Waals surface area contributed by atoms with E-state index in [-0.39, 0.29) is 11.3 Å². The highest BCUT2D eigenvalue weighted by atomic mass is 79.9. The van der Waals surface area contributed by atoms with E-state index in [0.717, 1.165) is 17.3 Å². The van der Waals surface area contributed by atoms with E-state index in [9.17, 15) is 4.79 Å². The van der Waals surface area contributed by atoms with Crippen molar-refractivity contribution in [2.24, 2.45) is 0 Å². The average Bonchev–Trinajstić information content (AvgIpc) is 2.40. The molecule has 0 aliphatic heterocycles. The van der Waals surface area contributed by atoms with Crippen LogP contribution in [-0.4, -0.2) is 24.0 Å². The summed E-state index contributed by atoms with van der Waals surface area (Å²) < 4.78 is 1.08. The number of hydrogen-bond acceptors (Lipinski definition) is 3. The predicted molar refractivity (Wildman–Crippen MR) is 85.6 cm³/mol. The summed E-state index contributed by atoms with van der Waals surface area (Å²) in [5.41, 5.74) is 1.41. The Balaban J connectivity index is 1.90. The van der Waals surface area contributed by atoms with Gasteiger partial charge in [0.25, 0.3) is 0 Å². The largest absolute Gasteiger partial charge is 0.354 e. The molecule has 20 heavy (non-hydrogen) atoms. The minimum absolute atomic E-state index is 0.0219. The van der Waals surface area contributed by atoms with Crippen molar-refractivity contribution in [3.63, 3.8) is 0 Å². The summed E-state index contributed by atoms with van der Waals surface area (Å²) in [4.78, 5) is 11.7. The topological polar surface area (TPSA) is 52.9 Å². The van der Waals surface area contributed by atoms with Crippen LogP contribution in [0, 0.1) is 11.3 Å². The van der Waals surface area contributed by atoms with Crippen LogP contribution in [0.4, 0.5) is 0 Å². The lowest BCUT2D eigenvalue weighted by Crippen LogP contribution is -2.46. The number of hydrogen-bond donors (Lipinski definition) is 1. The zero-order valence-electron chi connectivity index (χ0n) is 11.2. The SMILES string of the molecule is N#CCSCC(=O)NCC1(c2ccc(Br)cc2)CCC1. The number of nitrogens with one attached hydrogen (secondary N) is 1. The Bertz CT molecular complexity index is 506. The molecule has 1 N–H and O–H groups in total. The standard InChI is InChI=1S/C15H17BrN2OS/c16-13-4-2-12(3-5-13)15(6-1-7-15)11-18-14(19)10-20-9-8-17/h2-5H,1,6-7,9-11H2,(H,18,19). The fourth-order valence-electron chi connectivity index (χ4n) is 2.48. The van der Waals surface area contributed by atoms with Crippen LogP contribution in [-0.2, 0) is 10.2 Å². The molecule has 1 aromatic rings. The number of carbonyl (C=O) groups excluding carboxylic acids is 1.